The number of likely N-dealkylation sites (N-methyl/N-ethyl adjacent to an activating group) is 1. The number of carbonyl (C=O) groups is 1. The molecule has 0 bridgehead atoms. The smallest absolute Gasteiger partial charge is 0.418 e. The summed E-state index contributed by atoms with van der Waals surface area (Å²) in [6, 6.07) is 5.69. The van der Waals surface area contributed by atoms with E-state index in [9.17, 15) is 18.0 Å². The van der Waals surface area contributed by atoms with Crippen molar-refractivity contribution in [3.05, 3.63) is 65.2 Å². The van der Waals surface area contributed by atoms with Crippen molar-refractivity contribution in [2.45, 2.75) is 44.1 Å². The van der Waals surface area contributed by atoms with Crippen LogP contribution in [-0.2, 0) is 23.9 Å². The number of nitrogens with zero attached hydrogens (tertiary/aromatic N) is 7. The van der Waals surface area contributed by atoms with Gasteiger partial charge < -0.3 is 29.2 Å². The van der Waals surface area contributed by atoms with E-state index < -0.39 is 11.7 Å². The van der Waals surface area contributed by atoms with Crippen molar-refractivity contribution in [3.8, 4) is 6.01 Å². The molecular weight excluding hydrogens is 535 g/mol. The topological polar surface area (TPSA) is 69.4 Å². The Morgan fingerprint density at radius 3 is 2.68 bits per heavy atom. The third-order valence-corrected chi connectivity index (χ3v) is 8.19. The van der Waals surface area contributed by atoms with Gasteiger partial charge >= 0.3 is 12.2 Å². The quantitative estimate of drug-likeness (QED) is 0.373. The van der Waals surface area contributed by atoms with E-state index in [1.807, 2.05) is 0 Å². The Labute approximate surface area is 238 Å². The van der Waals surface area contributed by atoms with Crippen molar-refractivity contribution in [1.29, 1.82) is 0 Å². The van der Waals surface area contributed by atoms with Gasteiger partial charge in [0, 0.05) is 43.5 Å². The number of carbonyl (C=O) groups excluding carboxylic acids is 1. The van der Waals surface area contributed by atoms with Gasteiger partial charge in [-0.3, -0.25) is 4.79 Å². The molecule has 0 saturated carbocycles. The van der Waals surface area contributed by atoms with Crippen LogP contribution in [0, 0.1) is 6.57 Å². The number of amides is 1. The predicted molar refractivity (Wildman–Crippen MR) is 149 cm³/mol. The van der Waals surface area contributed by atoms with Crippen molar-refractivity contribution >= 4 is 17.4 Å². The molecule has 4 heterocycles. The van der Waals surface area contributed by atoms with Gasteiger partial charge in [-0.2, -0.15) is 23.1 Å². The fraction of sp³-hybridized carbons (Fsp3) is 0.517. The van der Waals surface area contributed by atoms with Crippen LogP contribution in [0.4, 0.5) is 24.7 Å². The fourth-order valence-corrected chi connectivity index (χ4v) is 5.99. The first kappa shape index (κ1) is 28.7. The number of hydrogen-bond donors (Lipinski definition) is 0. The Kier molecular flexibility index (Phi) is 8.35. The Bertz CT molecular complexity index is 1330. The van der Waals surface area contributed by atoms with Crippen LogP contribution < -0.4 is 14.5 Å². The fourth-order valence-electron chi connectivity index (χ4n) is 5.99. The zero-order valence-electron chi connectivity index (χ0n) is 23.1. The van der Waals surface area contributed by atoms with Crippen LogP contribution in [0.25, 0.3) is 4.85 Å². The number of ether oxygens (including phenoxy) is 1. The third-order valence-electron chi connectivity index (χ3n) is 8.19. The van der Waals surface area contributed by atoms with E-state index in [1.165, 1.54) is 18.2 Å². The van der Waals surface area contributed by atoms with Gasteiger partial charge in [0.25, 0.3) is 0 Å². The summed E-state index contributed by atoms with van der Waals surface area (Å²) in [7, 11) is 2.05. The number of alkyl halides is 3. The SMILES string of the molecule is [C-]#[N+]C[C@H]1CN(c2nc(OC[C@@H]3CCCN3C)nc3c2CCN(c2ccccc2C(F)(F)F)C3)CCN1C(=O)C=C. The van der Waals surface area contributed by atoms with Crippen molar-refractivity contribution < 1.29 is 22.7 Å². The van der Waals surface area contributed by atoms with Gasteiger partial charge in [0.2, 0.25) is 12.5 Å². The van der Waals surface area contributed by atoms with E-state index in [-0.39, 0.29) is 42.8 Å². The van der Waals surface area contributed by atoms with Gasteiger partial charge in [-0.1, -0.05) is 18.7 Å². The Morgan fingerprint density at radius 1 is 1.17 bits per heavy atom. The van der Waals surface area contributed by atoms with Gasteiger partial charge in [-0.05, 0) is 51.1 Å². The summed E-state index contributed by atoms with van der Waals surface area (Å²) in [5.41, 5.74) is 0.929. The van der Waals surface area contributed by atoms with Gasteiger partial charge in [-0.15, -0.1) is 0 Å². The van der Waals surface area contributed by atoms with E-state index in [4.69, 9.17) is 21.3 Å². The minimum atomic E-state index is -4.48. The van der Waals surface area contributed by atoms with Gasteiger partial charge in [0.15, 0.2) is 0 Å². The molecule has 5 rings (SSSR count). The summed E-state index contributed by atoms with van der Waals surface area (Å²) >= 11 is 0. The average Bonchev–Trinajstić information content (AvgIpc) is 3.39. The average molecular weight is 570 g/mol. The summed E-state index contributed by atoms with van der Waals surface area (Å²) in [6.45, 7) is 14.4. The largest absolute Gasteiger partial charge is 0.462 e. The molecule has 12 heteroatoms. The number of benzene rings is 1. The second-order valence-electron chi connectivity index (χ2n) is 10.7. The van der Waals surface area contributed by atoms with E-state index >= 15 is 0 Å². The van der Waals surface area contributed by atoms with Crippen LogP contribution >= 0.6 is 0 Å². The molecule has 218 valence electrons. The first-order chi connectivity index (χ1) is 19.7. The van der Waals surface area contributed by atoms with Gasteiger partial charge in [-0.25, -0.2) is 6.57 Å². The summed E-state index contributed by atoms with van der Waals surface area (Å²) in [5.74, 6) is 0.445. The first-order valence-electron chi connectivity index (χ1n) is 13.8. The van der Waals surface area contributed by atoms with Crippen LogP contribution in [0.3, 0.4) is 0 Å². The summed E-state index contributed by atoms with van der Waals surface area (Å²) < 4.78 is 47.6. The number of anilines is 2. The lowest BCUT2D eigenvalue weighted by molar-refractivity contribution is -0.137. The van der Waals surface area contributed by atoms with E-state index in [0.29, 0.717) is 50.7 Å². The lowest BCUT2D eigenvalue weighted by Gasteiger charge is -2.41. The standard InChI is InChI=1S/C29H34F3N7O2/c1-4-26(40)39-15-14-38(17-21(39)16-33-2)27-22-11-13-37(25-10-6-5-9-23(25)29(30,31)32)18-24(22)34-28(35-27)41-19-20-8-7-12-36(20)3/h4-6,9-10,20-21H,1,7-8,11-19H2,3H3/t20-,21-/m0/s1. The number of likely N-dealkylation sites (tertiary alicyclic amines) is 1. The molecule has 41 heavy (non-hydrogen) atoms. The molecule has 1 amide bonds. The van der Waals surface area contributed by atoms with Crippen LogP contribution in [0.1, 0.15) is 29.7 Å². The molecule has 0 unspecified atom stereocenters. The van der Waals surface area contributed by atoms with Gasteiger partial charge in [0.1, 0.15) is 18.5 Å². The Morgan fingerprint density at radius 2 is 1.98 bits per heavy atom. The maximum Gasteiger partial charge on any atom is 0.418 e. The highest BCUT2D eigenvalue weighted by molar-refractivity contribution is 5.87. The highest BCUT2D eigenvalue weighted by Crippen LogP contribution is 2.39. The third kappa shape index (κ3) is 6.10. The molecule has 2 atom stereocenters. The molecule has 2 saturated heterocycles. The van der Waals surface area contributed by atoms with E-state index in [2.05, 4.69) is 28.3 Å². The van der Waals surface area contributed by atoms with Crippen molar-refractivity contribution in [1.82, 2.24) is 19.8 Å². The molecule has 1 aromatic carbocycles. The molecule has 9 nitrogen and oxygen atoms in total. The maximum atomic E-state index is 13.8. The highest BCUT2D eigenvalue weighted by atomic mass is 19.4. The molecule has 2 aromatic rings. The maximum absolute atomic E-state index is 13.8. The number of hydrogen-bond acceptors (Lipinski definition) is 7. The van der Waals surface area contributed by atoms with E-state index in [1.54, 1.807) is 15.9 Å². The zero-order valence-corrected chi connectivity index (χ0v) is 23.1. The minimum absolute atomic E-state index is 0.120. The van der Waals surface area contributed by atoms with Crippen LogP contribution in [-0.4, -0.2) is 90.7 Å². The number of para-hydroxylation sites is 1. The molecule has 1 aromatic heterocycles. The highest BCUT2D eigenvalue weighted by Gasteiger charge is 2.37. The second-order valence-corrected chi connectivity index (χ2v) is 10.7. The molecule has 2 fully saturated rings. The molecule has 0 spiro atoms. The second kappa shape index (κ2) is 11.9. The number of fused-ring (bicyclic) bond motifs is 1. The van der Waals surface area contributed by atoms with Crippen LogP contribution in [0.5, 0.6) is 6.01 Å². The molecule has 3 aliphatic rings. The molecule has 3 aliphatic heterocycles. The molecule has 0 N–H and O–H groups in total. The number of aromatic nitrogens is 2. The number of piperazine rings is 1. The lowest BCUT2D eigenvalue weighted by atomic mass is 10.0. The Balaban J connectivity index is 1.47. The first-order valence-corrected chi connectivity index (χ1v) is 13.8. The van der Waals surface area contributed by atoms with Gasteiger partial charge in [0.05, 0.1) is 17.8 Å². The normalized spacial score (nSPS) is 21.4. The van der Waals surface area contributed by atoms with Crippen molar-refractivity contribution in [2.75, 3.05) is 62.7 Å². The monoisotopic (exact) mass is 569 g/mol. The van der Waals surface area contributed by atoms with Crippen molar-refractivity contribution in [2.24, 2.45) is 0 Å². The lowest BCUT2D eigenvalue weighted by Crippen LogP contribution is -2.56. The zero-order chi connectivity index (χ0) is 29.1. The number of halogens is 3. The molecule has 0 aliphatic carbocycles. The predicted octanol–water partition coefficient (Wildman–Crippen LogP) is 3.65. The molecular formula is C29H34F3N7O2. The van der Waals surface area contributed by atoms with Crippen LogP contribution in [0.15, 0.2) is 36.9 Å². The summed E-state index contributed by atoms with van der Waals surface area (Å²) in [5, 5.41) is 0. The van der Waals surface area contributed by atoms with Crippen molar-refractivity contribution in [3.63, 3.8) is 0 Å². The summed E-state index contributed by atoms with van der Waals surface area (Å²) in [4.78, 5) is 33.2. The van der Waals surface area contributed by atoms with Crippen LogP contribution in [0.2, 0.25) is 0 Å². The summed E-state index contributed by atoms with van der Waals surface area (Å²) in [6.07, 6.45) is -0.672. The number of rotatable bonds is 7. The molecule has 0 radical (unpaired) electrons. The minimum Gasteiger partial charge on any atom is -0.462 e. The Hall–Kier alpha value is -3.85. The van der Waals surface area contributed by atoms with E-state index in [0.717, 1.165) is 31.0 Å².